The molecule has 0 heterocycles. The molecule has 0 aliphatic rings. The molecule has 4 nitrogen and oxygen atoms in total. The van der Waals surface area contributed by atoms with Gasteiger partial charge in [-0.2, -0.15) is 0 Å². The second-order valence-corrected chi connectivity index (χ2v) is 9.86. The van der Waals surface area contributed by atoms with E-state index in [4.69, 9.17) is 21.1 Å². The summed E-state index contributed by atoms with van der Waals surface area (Å²) in [6, 6.07) is 42.7. The summed E-state index contributed by atoms with van der Waals surface area (Å²) in [5, 5.41) is 0.585. The fourth-order valence-corrected chi connectivity index (χ4v) is 4.85. The molecular formula is C35H30ClNO3. The number of carbonyl (C=O) groups is 1. The maximum atomic E-state index is 14.2. The van der Waals surface area contributed by atoms with Gasteiger partial charge in [0.2, 0.25) is 0 Å². The topological polar surface area (TPSA) is 38.8 Å². The molecular weight excluding hydrogens is 518 g/mol. The largest absolute Gasteiger partial charge is 0.493 e. The molecule has 5 heteroatoms. The molecule has 0 saturated carbocycles. The number of hydrogen-bond donors (Lipinski definition) is 0. The Bertz CT molecular complexity index is 1480. The van der Waals surface area contributed by atoms with Crippen LogP contribution in [0.1, 0.15) is 38.7 Å². The molecule has 0 aliphatic heterocycles. The average molecular weight is 548 g/mol. The summed E-state index contributed by atoms with van der Waals surface area (Å²) in [5.74, 6) is 1.16. The van der Waals surface area contributed by atoms with E-state index in [1.165, 1.54) is 0 Å². The molecule has 0 fully saturated rings. The van der Waals surface area contributed by atoms with Crippen molar-refractivity contribution in [2.75, 3.05) is 7.11 Å². The van der Waals surface area contributed by atoms with E-state index in [9.17, 15) is 4.79 Å². The van der Waals surface area contributed by atoms with Crippen LogP contribution < -0.4 is 9.47 Å². The Hall–Kier alpha value is -4.54. The van der Waals surface area contributed by atoms with E-state index in [0.29, 0.717) is 35.2 Å². The molecule has 0 atom stereocenters. The third kappa shape index (κ3) is 6.53. The van der Waals surface area contributed by atoms with Gasteiger partial charge in [0.1, 0.15) is 6.61 Å². The molecule has 0 saturated heterocycles. The number of methoxy groups -OCH3 is 1. The van der Waals surface area contributed by atoms with Crippen LogP contribution in [0.15, 0.2) is 133 Å². The van der Waals surface area contributed by atoms with E-state index in [-0.39, 0.29) is 11.9 Å². The van der Waals surface area contributed by atoms with E-state index in [0.717, 1.165) is 22.3 Å². The van der Waals surface area contributed by atoms with Gasteiger partial charge in [-0.1, -0.05) is 109 Å². The first kappa shape index (κ1) is 27.0. The third-order valence-electron chi connectivity index (χ3n) is 6.71. The van der Waals surface area contributed by atoms with E-state index in [1.54, 1.807) is 31.4 Å². The lowest BCUT2D eigenvalue weighted by atomic mass is 9.95. The minimum atomic E-state index is -0.314. The summed E-state index contributed by atoms with van der Waals surface area (Å²) in [7, 11) is 1.63. The van der Waals surface area contributed by atoms with Crippen LogP contribution in [0.3, 0.4) is 0 Å². The van der Waals surface area contributed by atoms with Crippen molar-refractivity contribution < 1.29 is 14.3 Å². The number of ether oxygens (including phenoxy) is 2. The summed E-state index contributed by atoms with van der Waals surface area (Å²) in [5.41, 5.74) is 4.60. The zero-order valence-corrected chi connectivity index (χ0v) is 23.0. The summed E-state index contributed by atoms with van der Waals surface area (Å²) < 4.78 is 11.8. The third-order valence-corrected chi connectivity index (χ3v) is 6.96. The summed E-state index contributed by atoms with van der Waals surface area (Å²) in [4.78, 5) is 16.1. The normalized spacial score (nSPS) is 10.8. The Kier molecular flexibility index (Phi) is 8.79. The number of amides is 1. The molecule has 5 aromatic rings. The van der Waals surface area contributed by atoms with Crippen LogP contribution in [0.25, 0.3) is 0 Å². The molecule has 0 spiro atoms. The summed E-state index contributed by atoms with van der Waals surface area (Å²) in [6.45, 7) is 0.785. The lowest BCUT2D eigenvalue weighted by Gasteiger charge is -2.33. The van der Waals surface area contributed by atoms with Crippen LogP contribution in [0, 0.1) is 0 Å². The molecule has 0 aromatic heterocycles. The van der Waals surface area contributed by atoms with Gasteiger partial charge in [0.05, 0.1) is 13.2 Å². The number of benzene rings is 5. The van der Waals surface area contributed by atoms with Gasteiger partial charge in [-0.15, -0.1) is 0 Å². The maximum absolute atomic E-state index is 14.2. The molecule has 0 N–H and O–H groups in total. The predicted octanol–water partition coefficient (Wildman–Crippen LogP) is 8.36. The second-order valence-electron chi connectivity index (χ2n) is 9.42. The van der Waals surface area contributed by atoms with Gasteiger partial charge in [-0.3, -0.25) is 4.79 Å². The van der Waals surface area contributed by atoms with Gasteiger partial charge in [0.25, 0.3) is 5.91 Å². The lowest BCUT2D eigenvalue weighted by molar-refractivity contribution is 0.0690. The van der Waals surface area contributed by atoms with Gasteiger partial charge in [-0.25, -0.2) is 0 Å². The molecule has 5 aromatic carbocycles. The number of hydrogen-bond acceptors (Lipinski definition) is 3. The number of carbonyl (C=O) groups excluding carboxylic acids is 1. The highest BCUT2D eigenvalue weighted by Crippen LogP contribution is 2.34. The minimum absolute atomic E-state index is 0.0993. The molecule has 0 radical (unpaired) electrons. The Morgan fingerprint density at radius 1 is 0.700 bits per heavy atom. The van der Waals surface area contributed by atoms with E-state index < -0.39 is 0 Å². The highest BCUT2D eigenvalue weighted by molar-refractivity contribution is 6.30. The molecule has 0 bridgehead atoms. The minimum Gasteiger partial charge on any atom is -0.493 e. The molecule has 40 heavy (non-hydrogen) atoms. The van der Waals surface area contributed by atoms with Crippen LogP contribution in [0.4, 0.5) is 0 Å². The SMILES string of the molecule is COc1cc(CN(C(=O)c2ccc(Cl)cc2)C(c2ccccc2)c2ccccc2)ccc1OCc1ccccc1. The van der Waals surface area contributed by atoms with Crippen LogP contribution in [0.2, 0.25) is 5.02 Å². The standard InChI is InChI=1S/C35H30ClNO3/c1-39-33-23-27(17-22-32(33)40-25-26-11-5-2-6-12-26)24-37(35(38)30-18-20-31(36)21-19-30)34(28-13-7-3-8-14-28)29-15-9-4-10-16-29/h2-23,34H,24-25H2,1H3. The van der Waals surface area contributed by atoms with E-state index in [2.05, 4.69) is 24.3 Å². The second kappa shape index (κ2) is 13.0. The Morgan fingerprint density at radius 3 is 1.85 bits per heavy atom. The van der Waals surface area contributed by atoms with Crippen molar-refractivity contribution in [2.24, 2.45) is 0 Å². The van der Waals surface area contributed by atoms with Crippen molar-refractivity contribution in [3.63, 3.8) is 0 Å². The van der Waals surface area contributed by atoms with E-state index >= 15 is 0 Å². The summed E-state index contributed by atoms with van der Waals surface area (Å²) in [6.07, 6.45) is 0. The summed E-state index contributed by atoms with van der Waals surface area (Å²) >= 11 is 6.14. The van der Waals surface area contributed by atoms with Gasteiger partial charge < -0.3 is 14.4 Å². The lowest BCUT2D eigenvalue weighted by Crippen LogP contribution is -2.35. The predicted molar refractivity (Wildman–Crippen MR) is 160 cm³/mol. The van der Waals surface area contributed by atoms with Gasteiger partial charge in [0.15, 0.2) is 11.5 Å². The molecule has 0 aliphatic carbocycles. The fraction of sp³-hybridized carbons (Fsp3) is 0.114. The molecule has 0 unspecified atom stereocenters. The van der Waals surface area contributed by atoms with Crippen LogP contribution >= 0.6 is 11.6 Å². The zero-order chi connectivity index (χ0) is 27.7. The smallest absolute Gasteiger partial charge is 0.254 e. The molecule has 200 valence electrons. The molecule has 5 rings (SSSR count). The van der Waals surface area contributed by atoms with Crippen molar-refractivity contribution in [2.45, 2.75) is 19.2 Å². The van der Waals surface area contributed by atoms with Crippen molar-refractivity contribution in [1.82, 2.24) is 4.90 Å². The zero-order valence-electron chi connectivity index (χ0n) is 22.2. The Balaban J connectivity index is 1.51. The number of rotatable bonds is 10. The Labute approximate surface area is 240 Å². The highest BCUT2D eigenvalue weighted by Gasteiger charge is 2.28. The highest BCUT2D eigenvalue weighted by atomic mass is 35.5. The Morgan fingerprint density at radius 2 is 1.27 bits per heavy atom. The number of nitrogens with zero attached hydrogens (tertiary/aromatic N) is 1. The maximum Gasteiger partial charge on any atom is 0.254 e. The van der Waals surface area contributed by atoms with Crippen molar-refractivity contribution in [1.29, 1.82) is 0 Å². The van der Waals surface area contributed by atoms with Crippen molar-refractivity contribution in [3.05, 3.63) is 166 Å². The quantitative estimate of drug-likeness (QED) is 0.176. The van der Waals surface area contributed by atoms with Crippen LogP contribution in [0.5, 0.6) is 11.5 Å². The van der Waals surface area contributed by atoms with Crippen molar-refractivity contribution in [3.8, 4) is 11.5 Å². The van der Waals surface area contributed by atoms with Gasteiger partial charge in [0, 0.05) is 17.1 Å². The average Bonchev–Trinajstić information content (AvgIpc) is 3.01. The monoisotopic (exact) mass is 547 g/mol. The first-order valence-corrected chi connectivity index (χ1v) is 13.5. The van der Waals surface area contributed by atoms with Gasteiger partial charge >= 0.3 is 0 Å². The first-order chi connectivity index (χ1) is 19.6. The van der Waals surface area contributed by atoms with Gasteiger partial charge in [-0.05, 0) is 58.7 Å². The van der Waals surface area contributed by atoms with E-state index in [1.807, 2.05) is 89.8 Å². The van der Waals surface area contributed by atoms with Crippen LogP contribution in [-0.4, -0.2) is 17.9 Å². The first-order valence-electron chi connectivity index (χ1n) is 13.1. The number of halogens is 1. The fourth-order valence-electron chi connectivity index (χ4n) is 4.72. The van der Waals surface area contributed by atoms with Crippen molar-refractivity contribution >= 4 is 17.5 Å². The van der Waals surface area contributed by atoms with Crippen LogP contribution in [-0.2, 0) is 13.2 Å². The molecule has 1 amide bonds.